The average Bonchev–Trinajstić information content (AvgIpc) is 3.20. The van der Waals surface area contributed by atoms with Crippen LogP contribution in [0.15, 0.2) is 64.8 Å². The Labute approximate surface area is 220 Å². The molecule has 1 saturated heterocycles. The molecule has 0 atom stereocenters. The van der Waals surface area contributed by atoms with Gasteiger partial charge in [-0.05, 0) is 50.7 Å². The number of piperazine rings is 1. The molecular weight excluding hydrogens is 482 g/mol. The van der Waals surface area contributed by atoms with Crippen molar-refractivity contribution >= 4 is 28.4 Å². The van der Waals surface area contributed by atoms with Crippen LogP contribution in [0.2, 0.25) is 0 Å². The van der Waals surface area contributed by atoms with Crippen LogP contribution in [-0.4, -0.2) is 66.7 Å². The van der Waals surface area contributed by atoms with Gasteiger partial charge in [-0.3, -0.25) is 9.59 Å². The van der Waals surface area contributed by atoms with Gasteiger partial charge in [-0.25, -0.2) is 19.0 Å². The molecule has 0 bridgehead atoms. The van der Waals surface area contributed by atoms with Crippen molar-refractivity contribution in [1.29, 1.82) is 0 Å². The number of likely N-dealkylation sites (N-methyl/N-ethyl adjacent to an activating group) is 1. The molecule has 0 unspecified atom stereocenters. The molecule has 1 N–H and O–H groups in total. The first-order valence-corrected chi connectivity index (χ1v) is 12.9. The number of benzene rings is 1. The summed E-state index contributed by atoms with van der Waals surface area (Å²) in [6.45, 7) is 15.2. The van der Waals surface area contributed by atoms with E-state index in [1.807, 2.05) is 26.0 Å². The van der Waals surface area contributed by atoms with Crippen molar-refractivity contribution in [3.63, 3.8) is 0 Å². The summed E-state index contributed by atoms with van der Waals surface area (Å²) >= 11 is 0. The summed E-state index contributed by atoms with van der Waals surface area (Å²) in [5.41, 5.74) is 1.94. The van der Waals surface area contributed by atoms with E-state index < -0.39 is 0 Å². The van der Waals surface area contributed by atoms with Crippen LogP contribution in [-0.2, 0) is 6.54 Å². The lowest BCUT2D eigenvalue weighted by Crippen LogP contribution is -2.46. The molecule has 4 heterocycles. The van der Waals surface area contributed by atoms with Gasteiger partial charge in [0.2, 0.25) is 5.95 Å². The van der Waals surface area contributed by atoms with E-state index in [9.17, 15) is 9.59 Å². The zero-order valence-corrected chi connectivity index (χ0v) is 22.0. The highest BCUT2D eigenvalue weighted by atomic mass is 16.1. The second kappa shape index (κ2) is 10.6. The van der Waals surface area contributed by atoms with E-state index in [2.05, 4.69) is 55.8 Å². The predicted octanol–water partition coefficient (Wildman–Crippen LogP) is 2.79. The van der Waals surface area contributed by atoms with E-state index in [0.717, 1.165) is 38.4 Å². The Hall–Kier alpha value is -4.25. The van der Waals surface area contributed by atoms with Gasteiger partial charge in [0, 0.05) is 49.8 Å². The lowest BCUT2D eigenvalue weighted by Gasteiger charge is -2.35. The Morgan fingerprint density at radius 2 is 1.79 bits per heavy atom. The number of allylic oxidation sites excluding steroid dienone is 1. The van der Waals surface area contributed by atoms with Crippen LogP contribution in [0.4, 0.5) is 17.3 Å². The molecule has 0 amide bonds. The zero-order valence-electron chi connectivity index (χ0n) is 22.0. The molecule has 11 nitrogen and oxygen atoms in total. The first-order valence-electron chi connectivity index (χ1n) is 12.9. The standard InChI is InChI=1S/C27H33N9O2/c1-5-13-34-26(38)22-18-28-27(30-25(22)36(34)23-11-12-24(37)35(31-23)19(3)4)29-20-7-9-21(10-8-20)33-16-14-32(6-2)15-17-33/h5,7-12,18-19H,1,6,13-17H2,2-4H3,(H,28,29,30). The second-order valence-electron chi connectivity index (χ2n) is 9.58. The van der Waals surface area contributed by atoms with Crippen molar-refractivity contribution in [2.24, 2.45) is 0 Å². The maximum absolute atomic E-state index is 13.2. The number of rotatable bonds is 8. The summed E-state index contributed by atoms with van der Waals surface area (Å²) in [4.78, 5) is 39.4. The molecule has 1 fully saturated rings. The maximum Gasteiger partial charge on any atom is 0.278 e. The van der Waals surface area contributed by atoms with E-state index in [1.165, 1.54) is 27.3 Å². The van der Waals surface area contributed by atoms with Crippen LogP contribution in [0, 0.1) is 0 Å². The van der Waals surface area contributed by atoms with E-state index in [0.29, 0.717) is 22.8 Å². The summed E-state index contributed by atoms with van der Waals surface area (Å²) in [5.74, 6) is 0.757. The third-order valence-corrected chi connectivity index (χ3v) is 6.80. The van der Waals surface area contributed by atoms with E-state index in [1.54, 1.807) is 16.8 Å². The number of fused-ring (bicyclic) bond motifs is 1. The van der Waals surface area contributed by atoms with Gasteiger partial charge in [-0.15, -0.1) is 11.7 Å². The van der Waals surface area contributed by atoms with Gasteiger partial charge in [0.05, 0.1) is 12.6 Å². The molecule has 0 spiro atoms. The minimum atomic E-state index is -0.261. The van der Waals surface area contributed by atoms with Crippen LogP contribution in [0.5, 0.6) is 0 Å². The van der Waals surface area contributed by atoms with Crippen molar-refractivity contribution in [1.82, 2.24) is 34.0 Å². The zero-order chi connectivity index (χ0) is 26.8. The molecule has 1 aromatic carbocycles. The van der Waals surface area contributed by atoms with Crippen molar-refractivity contribution in [2.45, 2.75) is 33.4 Å². The summed E-state index contributed by atoms with van der Waals surface area (Å²) in [5, 5.41) is 8.11. The average molecular weight is 516 g/mol. The van der Waals surface area contributed by atoms with Crippen molar-refractivity contribution in [3.05, 3.63) is 76.0 Å². The molecular formula is C27H33N9O2. The van der Waals surface area contributed by atoms with Gasteiger partial charge in [-0.2, -0.15) is 4.98 Å². The summed E-state index contributed by atoms with van der Waals surface area (Å²) in [6.07, 6.45) is 3.15. The lowest BCUT2D eigenvalue weighted by molar-refractivity contribution is 0.271. The Morgan fingerprint density at radius 1 is 1.05 bits per heavy atom. The van der Waals surface area contributed by atoms with Crippen LogP contribution in [0.1, 0.15) is 26.8 Å². The minimum absolute atomic E-state index is 0.144. The fourth-order valence-corrected chi connectivity index (χ4v) is 4.71. The quantitative estimate of drug-likeness (QED) is 0.357. The molecule has 1 aliphatic rings. The van der Waals surface area contributed by atoms with Gasteiger partial charge in [-0.1, -0.05) is 13.0 Å². The molecule has 38 heavy (non-hydrogen) atoms. The molecule has 11 heteroatoms. The molecule has 1 aliphatic heterocycles. The Kier molecular flexibility index (Phi) is 7.10. The largest absolute Gasteiger partial charge is 0.369 e. The Balaban J connectivity index is 1.48. The van der Waals surface area contributed by atoms with Crippen LogP contribution < -0.4 is 21.3 Å². The van der Waals surface area contributed by atoms with E-state index >= 15 is 0 Å². The number of nitrogens with one attached hydrogen (secondary N) is 1. The maximum atomic E-state index is 13.2. The monoisotopic (exact) mass is 515 g/mol. The molecule has 0 aliphatic carbocycles. The first kappa shape index (κ1) is 25.4. The van der Waals surface area contributed by atoms with Crippen LogP contribution in [0.3, 0.4) is 0 Å². The van der Waals surface area contributed by atoms with E-state index in [4.69, 9.17) is 0 Å². The fraction of sp³-hybridized carbons (Fsp3) is 0.370. The normalized spacial score (nSPS) is 14.4. The molecule has 0 radical (unpaired) electrons. The first-order chi connectivity index (χ1) is 18.4. The van der Waals surface area contributed by atoms with Gasteiger partial charge >= 0.3 is 0 Å². The highest BCUT2D eigenvalue weighted by Gasteiger charge is 2.19. The SMILES string of the molecule is C=CCn1c(=O)c2cnc(Nc3ccc(N4CCN(CC)CC4)cc3)nc2n1-c1ccc(=O)n(C(C)C)n1. The second-order valence-corrected chi connectivity index (χ2v) is 9.58. The minimum Gasteiger partial charge on any atom is -0.369 e. The molecule has 3 aromatic heterocycles. The summed E-state index contributed by atoms with van der Waals surface area (Å²) in [6, 6.07) is 11.1. The van der Waals surface area contributed by atoms with Crippen molar-refractivity contribution < 1.29 is 0 Å². The molecule has 5 rings (SSSR count). The number of anilines is 3. The number of aromatic nitrogens is 6. The van der Waals surface area contributed by atoms with E-state index in [-0.39, 0.29) is 23.7 Å². The topological polar surface area (TPSA) is 106 Å². The predicted molar refractivity (Wildman–Crippen MR) is 150 cm³/mol. The van der Waals surface area contributed by atoms with Gasteiger partial charge in [0.1, 0.15) is 5.39 Å². The highest BCUT2D eigenvalue weighted by molar-refractivity contribution is 5.77. The summed E-state index contributed by atoms with van der Waals surface area (Å²) < 4.78 is 4.48. The van der Waals surface area contributed by atoms with Crippen molar-refractivity contribution in [3.8, 4) is 5.82 Å². The fourth-order valence-electron chi connectivity index (χ4n) is 4.71. The highest BCUT2D eigenvalue weighted by Crippen LogP contribution is 2.22. The van der Waals surface area contributed by atoms with Gasteiger partial charge < -0.3 is 15.1 Å². The van der Waals surface area contributed by atoms with Crippen molar-refractivity contribution in [2.75, 3.05) is 42.9 Å². The number of hydrogen-bond acceptors (Lipinski definition) is 8. The third kappa shape index (κ3) is 4.84. The number of hydrogen-bond donors (Lipinski definition) is 1. The van der Waals surface area contributed by atoms with Crippen LogP contribution >= 0.6 is 0 Å². The van der Waals surface area contributed by atoms with Crippen LogP contribution in [0.25, 0.3) is 16.9 Å². The van der Waals surface area contributed by atoms with Gasteiger partial charge in [0.15, 0.2) is 11.5 Å². The summed E-state index contributed by atoms with van der Waals surface area (Å²) in [7, 11) is 0. The van der Waals surface area contributed by atoms with Gasteiger partial charge in [0.25, 0.3) is 11.1 Å². The number of nitrogens with zero attached hydrogens (tertiary/aromatic N) is 8. The smallest absolute Gasteiger partial charge is 0.278 e. The molecule has 4 aromatic rings. The molecule has 198 valence electrons. The third-order valence-electron chi connectivity index (χ3n) is 6.80. The molecule has 0 saturated carbocycles. The Morgan fingerprint density at radius 3 is 2.45 bits per heavy atom. The lowest BCUT2D eigenvalue weighted by atomic mass is 10.2. The Bertz CT molecular complexity index is 1560.